The van der Waals surface area contributed by atoms with Crippen LogP contribution in [-0.2, 0) is 11.2 Å². The summed E-state index contributed by atoms with van der Waals surface area (Å²) in [5.41, 5.74) is 1.18. The molecule has 0 saturated carbocycles. The molecule has 1 heterocycles. The molecular weight excluding hydrogens is 176 g/mol. The molecule has 1 aliphatic heterocycles. The molecule has 2 heteroatoms. The summed E-state index contributed by atoms with van der Waals surface area (Å²) < 4.78 is 5.42. The number of ether oxygens (including phenoxy) is 1. The lowest BCUT2D eigenvalue weighted by Gasteiger charge is -2.08. The molecule has 1 aromatic rings. The van der Waals surface area contributed by atoms with Crippen LogP contribution in [0.4, 0.5) is 0 Å². The van der Waals surface area contributed by atoms with E-state index in [9.17, 15) is 5.11 Å². The van der Waals surface area contributed by atoms with E-state index < -0.39 is 0 Å². The molecule has 0 radical (unpaired) electrons. The summed E-state index contributed by atoms with van der Waals surface area (Å²) in [5.74, 6) is 0.881. The van der Waals surface area contributed by atoms with E-state index in [1.165, 1.54) is 5.56 Å². The zero-order chi connectivity index (χ0) is 10.1. The van der Waals surface area contributed by atoms with Crippen LogP contribution in [0.2, 0.25) is 0 Å². The molecule has 0 aromatic heterocycles. The van der Waals surface area contributed by atoms with Gasteiger partial charge in [0.25, 0.3) is 0 Å². The number of aromatic hydroxyl groups is 1. The van der Waals surface area contributed by atoms with Crippen molar-refractivity contribution in [2.75, 3.05) is 0 Å². The van der Waals surface area contributed by atoms with E-state index in [4.69, 9.17) is 4.74 Å². The van der Waals surface area contributed by atoms with Gasteiger partial charge in [0, 0.05) is 0 Å². The van der Waals surface area contributed by atoms with E-state index in [2.05, 4.69) is 13.8 Å². The van der Waals surface area contributed by atoms with Gasteiger partial charge in [-0.3, -0.25) is 0 Å². The topological polar surface area (TPSA) is 32.8 Å². The minimum atomic E-state index is 0.347. The Balaban J connectivity index is 1.96. The lowest BCUT2D eigenvalue weighted by Crippen LogP contribution is -2.08. The summed E-state index contributed by atoms with van der Waals surface area (Å²) in [7, 11) is 0. The minimum absolute atomic E-state index is 0.347. The van der Waals surface area contributed by atoms with Gasteiger partial charge in [-0.1, -0.05) is 19.1 Å². The smallest absolute Gasteiger partial charge is 0.115 e. The molecular formula is C12H16O2. The lowest BCUT2D eigenvalue weighted by molar-refractivity contribution is 0.328. The van der Waals surface area contributed by atoms with Gasteiger partial charge < -0.3 is 9.84 Å². The number of benzene rings is 1. The fourth-order valence-corrected chi connectivity index (χ4v) is 1.97. The van der Waals surface area contributed by atoms with Crippen molar-refractivity contribution in [1.82, 2.24) is 0 Å². The largest absolute Gasteiger partial charge is 0.508 e. The highest BCUT2D eigenvalue weighted by molar-refractivity contribution is 5.27. The molecule has 1 N–H and O–H groups in total. The van der Waals surface area contributed by atoms with Crippen LogP contribution in [0.5, 0.6) is 5.75 Å². The standard InChI is InChI=1S/C12H16O2/c1-8(12-9(2)14-12)6-10-4-3-5-11(13)7-10/h3-5,7-9,12-13H,6H2,1-2H3. The molecule has 1 aliphatic rings. The van der Waals surface area contributed by atoms with Gasteiger partial charge in [0.2, 0.25) is 0 Å². The van der Waals surface area contributed by atoms with Crippen molar-refractivity contribution >= 4 is 0 Å². The normalized spacial score (nSPS) is 27.3. The summed E-state index contributed by atoms with van der Waals surface area (Å²) in [4.78, 5) is 0. The van der Waals surface area contributed by atoms with E-state index in [1.807, 2.05) is 18.2 Å². The van der Waals surface area contributed by atoms with Crippen molar-refractivity contribution in [2.24, 2.45) is 5.92 Å². The van der Waals surface area contributed by atoms with Crippen LogP contribution in [0.15, 0.2) is 24.3 Å². The van der Waals surface area contributed by atoms with E-state index in [0.717, 1.165) is 6.42 Å². The van der Waals surface area contributed by atoms with Crippen molar-refractivity contribution in [1.29, 1.82) is 0 Å². The van der Waals surface area contributed by atoms with Gasteiger partial charge in [-0.2, -0.15) is 0 Å². The second-order valence-electron chi connectivity index (χ2n) is 4.16. The molecule has 1 fully saturated rings. The molecule has 1 saturated heterocycles. The predicted molar refractivity (Wildman–Crippen MR) is 55.3 cm³/mol. The van der Waals surface area contributed by atoms with Gasteiger partial charge >= 0.3 is 0 Å². The average Bonchev–Trinajstić information content (AvgIpc) is 2.82. The minimum Gasteiger partial charge on any atom is -0.508 e. The van der Waals surface area contributed by atoms with Crippen LogP contribution in [0.1, 0.15) is 19.4 Å². The van der Waals surface area contributed by atoms with Gasteiger partial charge in [-0.25, -0.2) is 0 Å². The maximum atomic E-state index is 9.30. The first-order valence-electron chi connectivity index (χ1n) is 5.10. The van der Waals surface area contributed by atoms with Crippen LogP contribution >= 0.6 is 0 Å². The molecule has 3 atom stereocenters. The Bertz CT molecular complexity index is 322. The van der Waals surface area contributed by atoms with E-state index in [1.54, 1.807) is 6.07 Å². The van der Waals surface area contributed by atoms with Crippen molar-refractivity contribution < 1.29 is 9.84 Å². The molecule has 0 spiro atoms. The Labute approximate surface area is 84.5 Å². The highest BCUT2D eigenvalue weighted by Crippen LogP contribution is 2.31. The number of phenolic OH excluding ortho intramolecular Hbond substituents is 1. The maximum Gasteiger partial charge on any atom is 0.115 e. The third-order valence-corrected chi connectivity index (χ3v) is 2.79. The zero-order valence-corrected chi connectivity index (χ0v) is 8.60. The first-order valence-corrected chi connectivity index (χ1v) is 5.10. The van der Waals surface area contributed by atoms with Crippen molar-refractivity contribution in [3.05, 3.63) is 29.8 Å². The Kier molecular flexibility index (Phi) is 2.46. The number of rotatable bonds is 3. The fourth-order valence-electron chi connectivity index (χ4n) is 1.97. The molecule has 0 aliphatic carbocycles. The molecule has 0 amide bonds. The SMILES string of the molecule is CC(Cc1cccc(O)c1)C1OC1C. The molecule has 76 valence electrons. The Morgan fingerprint density at radius 2 is 2.21 bits per heavy atom. The summed E-state index contributed by atoms with van der Waals surface area (Å²) in [6, 6.07) is 7.45. The lowest BCUT2D eigenvalue weighted by atomic mass is 9.97. The van der Waals surface area contributed by atoms with Gasteiger partial charge in [-0.05, 0) is 37.0 Å². The predicted octanol–water partition coefficient (Wildman–Crippen LogP) is 2.36. The molecule has 3 unspecified atom stereocenters. The average molecular weight is 192 g/mol. The Morgan fingerprint density at radius 3 is 2.79 bits per heavy atom. The second kappa shape index (κ2) is 3.62. The zero-order valence-electron chi connectivity index (χ0n) is 8.60. The number of hydrogen-bond acceptors (Lipinski definition) is 2. The first-order chi connectivity index (χ1) is 6.66. The molecule has 0 bridgehead atoms. The fraction of sp³-hybridized carbons (Fsp3) is 0.500. The van der Waals surface area contributed by atoms with Crippen LogP contribution in [-0.4, -0.2) is 17.3 Å². The summed E-state index contributed by atoms with van der Waals surface area (Å²) in [6.07, 6.45) is 1.81. The summed E-state index contributed by atoms with van der Waals surface area (Å²) in [6.45, 7) is 4.29. The Morgan fingerprint density at radius 1 is 1.50 bits per heavy atom. The van der Waals surface area contributed by atoms with Crippen LogP contribution in [0.3, 0.4) is 0 Å². The van der Waals surface area contributed by atoms with Crippen LogP contribution in [0, 0.1) is 5.92 Å². The van der Waals surface area contributed by atoms with Gasteiger partial charge in [0.15, 0.2) is 0 Å². The molecule has 14 heavy (non-hydrogen) atoms. The maximum absolute atomic E-state index is 9.30. The van der Waals surface area contributed by atoms with Crippen molar-refractivity contribution in [3.63, 3.8) is 0 Å². The molecule has 2 rings (SSSR count). The monoisotopic (exact) mass is 192 g/mol. The summed E-state index contributed by atoms with van der Waals surface area (Å²) in [5, 5.41) is 9.30. The highest BCUT2D eigenvalue weighted by Gasteiger charge is 2.38. The van der Waals surface area contributed by atoms with Gasteiger partial charge in [0.1, 0.15) is 5.75 Å². The van der Waals surface area contributed by atoms with E-state index in [-0.39, 0.29) is 0 Å². The molecule has 2 nitrogen and oxygen atoms in total. The van der Waals surface area contributed by atoms with E-state index in [0.29, 0.717) is 23.9 Å². The second-order valence-corrected chi connectivity index (χ2v) is 4.16. The quantitative estimate of drug-likeness (QED) is 0.746. The number of epoxide rings is 1. The van der Waals surface area contributed by atoms with Crippen molar-refractivity contribution in [3.8, 4) is 5.75 Å². The third-order valence-electron chi connectivity index (χ3n) is 2.79. The first kappa shape index (κ1) is 9.53. The number of phenols is 1. The number of hydrogen-bond donors (Lipinski definition) is 1. The third kappa shape index (κ3) is 2.07. The van der Waals surface area contributed by atoms with E-state index >= 15 is 0 Å². The highest BCUT2D eigenvalue weighted by atomic mass is 16.6. The Hall–Kier alpha value is -1.02. The molecule has 1 aromatic carbocycles. The van der Waals surface area contributed by atoms with Gasteiger partial charge in [-0.15, -0.1) is 0 Å². The van der Waals surface area contributed by atoms with Crippen LogP contribution < -0.4 is 0 Å². The van der Waals surface area contributed by atoms with Gasteiger partial charge in [0.05, 0.1) is 12.2 Å². The summed E-state index contributed by atoms with van der Waals surface area (Å²) >= 11 is 0. The van der Waals surface area contributed by atoms with Crippen molar-refractivity contribution in [2.45, 2.75) is 32.5 Å². The van der Waals surface area contributed by atoms with Crippen LogP contribution in [0.25, 0.3) is 0 Å².